The van der Waals surface area contributed by atoms with Gasteiger partial charge in [0.25, 0.3) is 0 Å². The van der Waals surface area contributed by atoms with Crippen LogP contribution in [-0.4, -0.2) is 36.5 Å². The summed E-state index contributed by atoms with van der Waals surface area (Å²) in [6.07, 6.45) is 5.96. The number of hydrogen-bond donors (Lipinski definition) is 2. The summed E-state index contributed by atoms with van der Waals surface area (Å²) in [5, 5.41) is 6.34. The van der Waals surface area contributed by atoms with Gasteiger partial charge >= 0.3 is 0 Å². The molecular weight excluding hydrogens is 274 g/mol. The van der Waals surface area contributed by atoms with E-state index in [4.69, 9.17) is 0 Å². The minimum Gasteiger partial charge on any atom is -0.351 e. The summed E-state index contributed by atoms with van der Waals surface area (Å²) in [4.78, 5) is 14.6. The van der Waals surface area contributed by atoms with Gasteiger partial charge in [0.05, 0.1) is 6.04 Å². The lowest BCUT2D eigenvalue weighted by atomic mass is 10.0. The van der Waals surface area contributed by atoms with Crippen molar-refractivity contribution < 1.29 is 4.79 Å². The zero-order chi connectivity index (χ0) is 15.2. The summed E-state index contributed by atoms with van der Waals surface area (Å²) in [7, 11) is 0. The van der Waals surface area contributed by atoms with Gasteiger partial charge in [-0.25, -0.2) is 0 Å². The number of carbonyl (C=O) groups is 1. The first-order valence-electron chi connectivity index (χ1n) is 8.62. The van der Waals surface area contributed by atoms with Crippen LogP contribution in [-0.2, 0) is 17.9 Å². The fraction of sp³-hybridized carbons (Fsp3) is 0.611. The Morgan fingerprint density at radius 3 is 2.50 bits per heavy atom. The molecule has 120 valence electrons. The lowest BCUT2D eigenvalue weighted by molar-refractivity contribution is -0.123. The van der Waals surface area contributed by atoms with Crippen LogP contribution in [0.5, 0.6) is 0 Å². The largest absolute Gasteiger partial charge is 0.351 e. The number of rotatable bonds is 5. The predicted molar refractivity (Wildman–Crippen MR) is 88.4 cm³/mol. The highest BCUT2D eigenvalue weighted by Crippen LogP contribution is 2.13. The van der Waals surface area contributed by atoms with Crippen LogP contribution in [0.3, 0.4) is 0 Å². The molecule has 4 heteroatoms. The molecule has 1 aromatic carbocycles. The number of piperidine rings is 1. The molecule has 1 amide bonds. The summed E-state index contributed by atoms with van der Waals surface area (Å²) < 4.78 is 0. The minimum atomic E-state index is 0.00295. The third-order valence-corrected chi connectivity index (χ3v) is 4.72. The van der Waals surface area contributed by atoms with Crippen molar-refractivity contribution in [3.63, 3.8) is 0 Å². The maximum absolute atomic E-state index is 12.1. The molecule has 2 fully saturated rings. The zero-order valence-electron chi connectivity index (χ0n) is 13.3. The van der Waals surface area contributed by atoms with Crippen molar-refractivity contribution in [1.82, 2.24) is 15.5 Å². The van der Waals surface area contributed by atoms with E-state index in [0.717, 1.165) is 25.9 Å². The zero-order valence-corrected chi connectivity index (χ0v) is 13.3. The topological polar surface area (TPSA) is 44.4 Å². The Morgan fingerprint density at radius 1 is 1.09 bits per heavy atom. The molecule has 3 rings (SSSR count). The molecule has 0 saturated carbocycles. The Bertz CT molecular complexity index is 474. The fourth-order valence-electron chi connectivity index (χ4n) is 3.35. The Balaban J connectivity index is 1.45. The summed E-state index contributed by atoms with van der Waals surface area (Å²) in [6, 6.07) is 8.67. The van der Waals surface area contributed by atoms with E-state index in [2.05, 4.69) is 39.8 Å². The first-order valence-corrected chi connectivity index (χ1v) is 8.62. The van der Waals surface area contributed by atoms with Crippen LogP contribution >= 0.6 is 0 Å². The number of nitrogens with one attached hydrogen (secondary N) is 2. The lowest BCUT2D eigenvalue weighted by Gasteiger charge is -2.22. The van der Waals surface area contributed by atoms with E-state index in [0.29, 0.717) is 6.54 Å². The smallest absolute Gasteiger partial charge is 0.237 e. The van der Waals surface area contributed by atoms with Crippen molar-refractivity contribution in [2.45, 2.75) is 51.2 Å². The molecule has 2 aliphatic rings. The van der Waals surface area contributed by atoms with Gasteiger partial charge in [-0.3, -0.25) is 9.69 Å². The van der Waals surface area contributed by atoms with Crippen molar-refractivity contribution in [3.05, 3.63) is 35.4 Å². The summed E-state index contributed by atoms with van der Waals surface area (Å²) in [5.41, 5.74) is 2.54. The second-order valence-corrected chi connectivity index (χ2v) is 6.52. The quantitative estimate of drug-likeness (QED) is 0.875. The molecule has 0 bridgehead atoms. The molecule has 2 saturated heterocycles. The number of amides is 1. The molecular formula is C18H27N3O. The van der Waals surface area contributed by atoms with Gasteiger partial charge in [0.2, 0.25) is 5.91 Å². The van der Waals surface area contributed by atoms with Crippen LogP contribution < -0.4 is 10.6 Å². The molecule has 2 N–H and O–H groups in total. The van der Waals surface area contributed by atoms with Gasteiger partial charge in [0.15, 0.2) is 0 Å². The number of hydrogen-bond acceptors (Lipinski definition) is 3. The van der Waals surface area contributed by atoms with E-state index in [9.17, 15) is 4.79 Å². The van der Waals surface area contributed by atoms with Gasteiger partial charge < -0.3 is 10.6 Å². The Labute approximate surface area is 133 Å². The first-order chi connectivity index (χ1) is 10.8. The summed E-state index contributed by atoms with van der Waals surface area (Å²) >= 11 is 0. The van der Waals surface area contributed by atoms with Crippen LogP contribution in [0, 0.1) is 0 Å². The molecule has 0 unspecified atom stereocenters. The van der Waals surface area contributed by atoms with E-state index in [1.54, 1.807) is 0 Å². The monoisotopic (exact) mass is 301 g/mol. The van der Waals surface area contributed by atoms with E-state index in [-0.39, 0.29) is 11.9 Å². The maximum atomic E-state index is 12.1. The average molecular weight is 301 g/mol. The molecule has 0 aromatic heterocycles. The van der Waals surface area contributed by atoms with E-state index >= 15 is 0 Å². The average Bonchev–Trinajstić information content (AvgIpc) is 3.08. The van der Waals surface area contributed by atoms with Crippen LogP contribution in [0.4, 0.5) is 0 Å². The summed E-state index contributed by atoms with van der Waals surface area (Å²) in [6.45, 7) is 5.10. The van der Waals surface area contributed by atoms with Crippen LogP contribution in [0.15, 0.2) is 24.3 Å². The van der Waals surface area contributed by atoms with Gasteiger partial charge in [-0.2, -0.15) is 0 Å². The molecule has 0 aliphatic carbocycles. The van der Waals surface area contributed by atoms with Crippen molar-refractivity contribution in [1.29, 1.82) is 0 Å². The molecule has 22 heavy (non-hydrogen) atoms. The van der Waals surface area contributed by atoms with Crippen molar-refractivity contribution >= 4 is 5.91 Å². The van der Waals surface area contributed by atoms with Crippen molar-refractivity contribution in [2.24, 2.45) is 0 Å². The van der Waals surface area contributed by atoms with Gasteiger partial charge in [0.1, 0.15) is 0 Å². The van der Waals surface area contributed by atoms with Gasteiger partial charge in [-0.05, 0) is 56.4 Å². The minimum absolute atomic E-state index is 0.00295. The van der Waals surface area contributed by atoms with Gasteiger partial charge in [0, 0.05) is 13.1 Å². The van der Waals surface area contributed by atoms with Gasteiger partial charge in [-0.15, -0.1) is 0 Å². The summed E-state index contributed by atoms with van der Waals surface area (Å²) in [5.74, 6) is 0.140. The standard InChI is InChI=1S/C18H27N3O/c22-18(17-5-1-2-10-19-17)20-13-15-6-8-16(9-7-15)14-21-11-3-4-12-21/h6-9,17,19H,1-5,10-14H2,(H,20,22)/t17-/m1/s1. The van der Waals surface area contributed by atoms with E-state index in [1.807, 2.05) is 0 Å². The molecule has 0 spiro atoms. The Hall–Kier alpha value is -1.39. The second-order valence-electron chi connectivity index (χ2n) is 6.52. The second kappa shape index (κ2) is 7.75. The van der Waals surface area contributed by atoms with Gasteiger partial charge in [-0.1, -0.05) is 30.7 Å². The van der Waals surface area contributed by atoms with E-state index < -0.39 is 0 Å². The highest BCUT2D eigenvalue weighted by Gasteiger charge is 2.19. The normalized spacial score (nSPS) is 22.6. The van der Waals surface area contributed by atoms with Crippen molar-refractivity contribution in [2.75, 3.05) is 19.6 Å². The molecule has 4 nitrogen and oxygen atoms in total. The maximum Gasteiger partial charge on any atom is 0.237 e. The molecule has 1 atom stereocenters. The first kappa shape index (κ1) is 15.5. The predicted octanol–water partition coefficient (Wildman–Crippen LogP) is 2.04. The lowest BCUT2D eigenvalue weighted by Crippen LogP contribution is -2.46. The molecule has 2 aliphatic heterocycles. The molecule has 0 radical (unpaired) electrons. The molecule has 2 heterocycles. The van der Waals surface area contributed by atoms with Crippen LogP contribution in [0.25, 0.3) is 0 Å². The third-order valence-electron chi connectivity index (χ3n) is 4.72. The van der Waals surface area contributed by atoms with Crippen LogP contribution in [0.2, 0.25) is 0 Å². The highest BCUT2D eigenvalue weighted by atomic mass is 16.2. The van der Waals surface area contributed by atoms with Crippen molar-refractivity contribution in [3.8, 4) is 0 Å². The number of benzene rings is 1. The number of likely N-dealkylation sites (tertiary alicyclic amines) is 1. The Morgan fingerprint density at radius 2 is 1.82 bits per heavy atom. The number of carbonyl (C=O) groups excluding carboxylic acids is 1. The van der Waals surface area contributed by atoms with E-state index in [1.165, 1.54) is 43.5 Å². The third kappa shape index (κ3) is 4.31. The highest BCUT2D eigenvalue weighted by molar-refractivity contribution is 5.81. The fourth-order valence-corrected chi connectivity index (χ4v) is 3.35. The Kier molecular flexibility index (Phi) is 5.46. The number of nitrogens with zero attached hydrogens (tertiary/aromatic N) is 1. The SMILES string of the molecule is O=C(NCc1ccc(CN2CCCC2)cc1)[C@H]1CCCCN1. The molecule has 1 aromatic rings. The van der Waals surface area contributed by atoms with Crippen LogP contribution in [0.1, 0.15) is 43.2 Å².